The van der Waals surface area contributed by atoms with E-state index in [4.69, 9.17) is 0 Å². The molecule has 1 heterocycles. The maximum Gasteiger partial charge on any atom is 0.253 e. The number of rotatable bonds is 7. The van der Waals surface area contributed by atoms with Gasteiger partial charge in [-0.3, -0.25) is 4.79 Å². The molecule has 2 rings (SSSR count). The molecule has 2 N–H and O–H groups in total. The van der Waals surface area contributed by atoms with E-state index in [0.717, 1.165) is 12.8 Å². The first kappa shape index (κ1) is 16.1. The normalized spacial score (nSPS) is 12.4. The van der Waals surface area contributed by atoms with Crippen molar-refractivity contribution in [3.63, 3.8) is 0 Å². The molecule has 0 radical (unpaired) electrons. The van der Waals surface area contributed by atoms with Crippen LogP contribution in [-0.2, 0) is 0 Å². The number of nitrogens with zero attached hydrogens (tertiary/aromatic N) is 4. The van der Waals surface area contributed by atoms with E-state index in [1.54, 1.807) is 18.2 Å². The molecule has 0 saturated carbocycles. The molecular weight excluding hydrogens is 282 g/mol. The Morgan fingerprint density at radius 2 is 2.05 bits per heavy atom. The summed E-state index contributed by atoms with van der Waals surface area (Å²) in [5.41, 5.74) is 1.06. The van der Waals surface area contributed by atoms with Crippen LogP contribution in [0.4, 0.5) is 0 Å². The monoisotopic (exact) mass is 303 g/mol. The number of hydrogen-bond donors (Lipinski definition) is 2. The molecular formula is C15H21N5O2. The van der Waals surface area contributed by atoms with Gasteiger partial charge in [-0.15, -0.1) is 5.10 Å². The van der Waals surface area contributed by atoms with Crippen molar-refractivity contribution >= 4 is 5.91 Å². The van der Waals surface area contributed by atoms with Crippen LogP contribution in [0, 0.1) is 5.92 Å². The van der Waals surface area contributed by atoms with E-state index in [0.29, 0.717) is 11.3 Å². The number of nitrogens with one attached hydrogen (secondary N) is 1. The summed E-state index contributed by atoms with van der Waals surface area (Å²) in [6, 6.07) is 7.06. The number of carbonyl (C=O) groups is 1. The van der Waals surface area contributed by atoms with Crippen LogP contribution in [0.2, 0.25) is 0 Å². The number of aromatic nitrogens is 4. The predicted octanol–water partition coefficient (Wildman–Crippen LogP) is 1.19. The summed E-state index contributed by atoms with van der Waals surface area (Å²) in [5.74, 6) is -0.0637. The second-order valence-corrected chi connectivity index (χ2v) is 5.13. The van der Waals surface area contributed by atoms with Crippen molar-refractivity contribution < 1.29 is 9.90 Å². The van der Waals surface area contributed by atoms with Crippen LogP contribution in [0.15, 0.2) is 30.6 Å². The Bertz CT molecular complexity index is 596. The number of carbonyl (C=O) groups excluding carboxylic acids is 1. The molecule has 22 heavy (non-hydrogen) atoms. The Labute approximate surface area is 129 Å². The number of tetrazole rings is 1. The lowest BCUT2D eigenvalue weighted by atomic mass is 9.96. The van der Waals surface area contributed by atoms with Crippen LogP contribution in [0.3, 0.4) is 0 Å². The van der Waals surface area contributed by atoms with Gasteiger partial charge in [-0.05, 0) is 28.5 Å². The lowest BCUT2D eigenvalue weighted by Gasteiger charge is -2.20. The first-order chi connectivity index (χ1) is 10.7. The van der Waals surface area contributed by atoms with E-state index < -0.39 is 6.10 Å². The summed E-state index contributed by atoms with van der Waals surface area (Å²) in [7, 11) is 0. The van der Waals surface area contributed by atoms with E-state index in [1.807, 2.05) is 19.9 Å². The van der Waals surface area contributed by atoms with Gasteiger partial charge < -0.3 is 10.4 Å². The van der Waals surface area contributed by atoms with Crippen LogP contribution < -0.4 is 5.32 Å². The fourth-order valence-electron chi connectivity index (χ4n) is 2.43. The smallest absolute Gasteiger partial charge is 0.253 e. The molecule has 7 nitrogen and oxygen atoms in total. The van der Waals surface area contributed by atoms with E-state index in [9.17, 15) is 9.90 Å². The van der Waals surface area contributed by atoms with Gasteiger partial charge in [0.15, 0.2) is 0 Å². The largest absolute Gasteiger partial charge is 0.391 e. The summed E-state index contributed by atoms with van der Waals surface area (Å²) in [4.78, 5) is 12.4. The number of para-hydroxylation sites is 1. The van der Waals surface area contributed by atoms with E-state index >= 15 is 0 Å². The van der Waals surface area contributed by atoms with Crippen molar-refractivity contribution in [1.82, 2.24) is 25.5 Å². The Kier molecular flexibility index (Phi) is 5.60. The molecule has 0 aliphatic carbocycles. The fraction of sp³-hybridized carbons (Fsp3) is 0.467. The van der Waals surface area contributed by atoms with E-state index in [-0.39, 0.29) is 18.4 Å². The molecule has 0 fully saturated rings. The van der Waals surface area contributed by atoms with Crippen molar-refractivity contribution in [2.45, 2.75) is 32.8 Å². The third-order valence-electron chi connectivity index (χ3n) is 3.81. The highest BCUT2D eigenvalue weighted by Gasteiger charge is 2.18. The Morgan fingerprint density at radius 3 is 2.68 bits per heavy atom. The van der Waals surface area contributed by atoms with Crippen LogP contribution >= 0.6 is 0 Å². The van der Waals surface area contributed by atoms with Crippen molar-refractivity contribution in [1.29, 1.82) is 0 Å². The zero-order valence-electron chi connectivity index (χ0n) is 12.8. The highest BCUT2D eigenvalue weighted by atomic mass is 16.3. The molecule has 1 amide bonds. The minimum atomic E-state index is -0.542. The predicted molar refractivity (Wildman–Crippen MR) is 81.6 cm³/mol. The van der Waals surface area contributed by atoms with Crippen molar-refractivity contribution in [2.75, 3.05) is 6.54 Å². The van der Waals surface area contributed by atoms with Crippen molar-refractivity contribution in [3.8, 4) is 5.69 Å². The molecule has 1 unspecified atom stereocenters. The van der Waals surface area contributed by atoms with E-state index in [2.05, 4.69) is 20.8 Å². The van der Waals surface area contributed by atoms with E-state index in [1.165, 1.54) is 11.0 Å². The summed E-state index contributed by atoms with van der Waals surface area (Å²) in [6.07, 6.45) is 2.66. The van der Waals surface area contributed by atoms with Crippen LogP contribution in [0.5, 0.6) is 0 Å². The molecule has 1 aromatic heterocycles. The second kappa shape index (κ2) is 7.65. The van der Waals surface area contributed by atoms with Gasteiger partial charge in [0.2, 0.25) is 0 Å². The Balaban J connectivity index is 2.08. The summed E-state index contributed by atoms with van der Waals surface area (Å²) in [6.45, 7) is 4.30. The summed E-state index contributed by atoms with van der Waals surface area (Å²) >= 11 is 0. The quantitative estimate of drug-likeness (QED) is 0.801. The molecule has 2 aromatic rings. The van der Waals surface area contributed by atoms with Crippen LogP contribution in [0.25, 0.3) is 5.69 Å². The highest BCUT2D eigenvalue weighted by molar-refractivity contribution is 5.97. The topological polar surface area (TPSA) is 92.9 Å². The summed E-state index contributed by atoms with van der Waals surface area (Å²) < 4.78 is 1.44. The maximum atomic E-state index is 12.4. The zero-order valence-corrected chi connectivity index (χ0v) is 12.8. The van der Waals surface area contributed by atoms with Gasteiger partial charge in [-0.1, -0.05) is 38.8 Å². The average molecular weight is 303 g/mol. The summed E-state index contributed by atoms with van der Waals surface area (Å²) in [5, 5.41) is 23.8. The van der Waals surface area contributed by atoms with Crippen molar-refractivity contribution in [3.05, 3.63) is 36.2 Å². The first-order valence-electron chi connectivity index (χ1n) is 7.46. The molecule has 7 heteroatoms. The number of aliphatic hydroxyl groups excluding tert-OH is 1. The Hall–Kier alpha value is -2.28. The third kappa shape index (κ3) is 3.67. The molecule has 0 aliphatic heterocycles. The van der Waals surface area contributed by atoms with Gasteiger partial charge in [0.05, 0.1) is 17.4 Å². The number of benzene rings is 1. The minimum Gasteiger partial charge on any atom is -0.391 e. The molecule has 1 aromatic carbocycles. The molecule has 1 atom stereocenters. The van der Waals surface area contributed by atoms with Gasteiger partial charge >= 0.3 is 0 Å². The van der Waals surface area contributed by atoms with Crippen LogP contribution in [-0.4, -0.2) is 43.9 Å². The molecule has 0 aliphatic rings. The number of amides is 1. The third-order valence-corrected chi connectivity index (χ3v) is 3.81. The van der Waals surface area contributed by atoms with Gasteiger partial charge in [0.1, 0.15) is 6.33 Å². The fourth-order valence-corrected chi connectivity index (χ4v) is 2.43. The average Bonchev–Trinajstić information content (AvgIpc) is 3.08. The van der Waals surface area contributed by atoms with Gasteiger partial charge in [0, 0.05) is 6.54 Å². The first-order valence-corrected chi connectivity index (χ1v) is 7.46. The standard InChI is InChI=1S/C15H21N5O2/c1-3-11(4-2)14(21)9-16-15(22)12-7-5-6-8-13(12)20-10-17-18-19-20/h5-8,10-11,14,21H,3-4,9H2,1-2H3,(H,16,22). The lowest BCUT2D eigenvalue weighted by Crippen LogP contribution is -2.36. The molecule has 0 spiro atoms. The van der Waals surface area contributed by atoms with Crippen molar-refractivity contribution in [2.24, 2.45) is 5.92 Å². The van der Waals surface area contributed by atoms with Crippen LogP contribution in [0.1, 0.15) is 37.0 Å². The molecule has 0 bridgehead atoms. The maximum absolute atomic E-state index is 12.4. The molecule has 118 valence electrons. The second-order valence-electron chi connectivity index (χ2n) is 5.13. The lowest BCUT2D eigenvalue weighted by molar-refractivity contribution is 0.0816. The van der Waals surface area contributed by atoms with Gasteiger partial charge in [-0.25, -0.2) is 0 Å². The minimum absolute atomic E-state index is 0.190. The molecule has 0 saturated heterocycles. The Morgan fingerprint density at radius 1 is 1.32 bits per heavy atom. The highest BCUT2D eigenvalue weighted by Crippen LogP contribution is 2.14. The number of aliphatic hydroxyl groups is 1. The van der Waals surface area contributed by atoms with Gasteiger partial charge in [0.25, 0.3) is 5.91 Å². The number of hydrogen-bond acceptors (Lipinski definition) is 5. The zero-order chi connectivity index (χ0) is 15.9. The van der Waals surface area contributed by atoms with Gasteiger partial charge in [-0.2, -0.15) is 4.68 Å². The SMILES string of the molecule is CCC(CC)C(O)CNC(=O)c1ccccc1-n1cnnn1.